The van der Waals surface area contributed by atoms with Crippen molar-refractivity contribution in [3.8, 4) is 0 Å². The highest BCUT2D eigenvalue weighted by Gasteiger charge is 2.17. The van der Waals surface area contributed by atoms with Crippen molar-refractivity contribution in [2.24, 2.45) is 0 Å². The largest absolute Gasteiger partial charge is 0.354 e. The summed E-state index contributed by atoms with van der Waals surface area (Å²) in [5, 5.41) is 4.57. The maximum atomic E-state index is 11.3. The molecule has 0 bridgehead atoms. The maximum Gasteiger partial charge on any atom is 0.242 e. The van der Waals surface area contributed by atoms with Crippen molar-refractivity contribution in [3.05, 3.63) is 0 Å². The highest BCUT2D eigenvalue weighted by atomic mass is 35.5. The summed E-state index contributed by atoms with van der Waals surface area (Å²) in [5.74, 6) is -0.511. The lowest BCUT2D eigenvalue weighted by atomic mass is 10.3. The van der Waals surface area contributed by atoms with Gasteiger partial charge in [-0.2, -0.15) is 0 Å². The Balaban J connectivity index is 3.89. The van der Waals surface area contributed by atoms with Crippen LogP contribution in [0.4, 0.5) is 0 Å². The minimum Gasteiger partial charge on any atom is -0.354 e. The molecule has 82 valence electrons. The number of nitrogens with one attached hydrogen (secondary N) is 2. The van der Waals surface area contributed by atoms with Crippen LogP contribution < -0.4 is 10.6 Å². The van der Waals surface area contributed by atoms with Gasteiger partial charge in [-0.15, -0.1) is 11.6 Å². The first-order valence-corrected chi connectivity index (χ1v) is 5.14. The number of carbonyl (C=O) groups is 2. The van der Waals surface area contributed by atoms with Gasteiger partial charge in [0.25, 0.3) is 0 Å². The zero-order valence-corrected chi connectivity index (χ0v) is 9.52. The summed E-state index contributed by atoms with van der Waals surface area (Å²) in [6, 6.07) is -0.532. The molecule has 0 radical (unpaired) electrons. The van der Waals surface area contributed by atoms with Gasteiger partial charge in [0.2, 0.25) is 11.8 Å². The number of amides is 2. The molecule has 0 aromatic rings. The fraction of sp³-hybridized carbons (Fsp3) is 0.778. The summed E-state index contributed by atoms with van der Waals surface area (Å²) in [4.78, 5) is 22.4. The number of hydrogen-bond donors (Lipinski definition) is 2. The Bertz CT molecular complexity index is 207. The van der Waals surface area contributed by atoms with Crippen LogP contribution >= 0.6 is 11.6 Å². The van der Waals surface area contributed by atoms with E-state index in [-0.39, 0.29) is 11.8 Å². The standard InChI is InChI=1S/C9H17ClN2O2/c1-4-5-11-9(14)7(3)12-8(13)6(2)10/h6-7H,4-5H2,1-3H3,(H,11,14)(H,12,13). The molecule has 0 aliphatic heterocycles. The van der Waals surface area contributed by atoms with E-state index in [1.165, 1.54) is 0 Å². The third kappa shape index (κ3) is 5.07. The van der Waals surface area contributed by atoms with Gasteiger partial charge in [-0.05, 0) is 20.3 Å². The van der Waals surface area contributed by atoms with Gasteiger partial charge in [0.05, 0.1) is 0 Å². The number of alkyl halides is 1. The molecule has 0 aromatic heterocycles. The Labute approximate surface area is 89.4 Å². The number of hydrogen-bond acceptors (Lipinski definition) is 2. The van der Waals surface area contributed by atoms with Crippen molar-refractivity contribution >= 4 is 23.4 Å². The Morgan fingerprint density at radius 1 is 1.29 bits per heavy atom. The Kier molecular flexibility index (Phi) is 6.28. The first-order chi connectivity index (χ1) is 6.49. The highest BCUT2D eigenvalue weighted by molar-refractivity contribution is 6.30. The Hall–Kier alpha value is -0.770. The van der Waals surface area contributed by atoms with Gasteiger partial charge in [-0.25, -0.2) is 0 Å². The van der Waals surface area contributed by atoms with E-state index in [1.807, 2.05) is 6.92 Å². The molecule has 4 nitrogen and oxygen atoms in total. The molecule has 0 aromatic carbocycles. The van der Waals surface area contributed by atoms with E-state index < -0.39 is 11.4 Å². The minimum absolute atomic E-state index is 0.183. The van der Waals surface area contributed by atoms with Gasteiger partial charge in [0.1, 0.15) is 11.4 Å². The molecule has 2 atom stereocenters. The summed E-state index contributed by atoms with van der Waals surface area (Å²) >= 11 is 5.54. The summed E-state index contributed by atoms with van der Waals surface area (Å²) < 4.78 is 0. The second kappa shape index (κ2) is 6.65. The number of rotatable bonds is 5. The first kappa shape index (κ1) is 13.2. The van der Waals surface area contributed by atoms with Gasteiger partial charge in [0, 0.05) is 6.54 Å². The Morgan fingerprint density at radius 3 is 2.29 bits per heavy atom. The molecule has 5 heteroatoms. The van der Waals surface area contributed by atoms with Crippen LogP contribution in [0.1, 0.15) is 27.2 Å². The van der Waals surface area contributed by atoms with Crippen molar-refractivity contribution in [1.82, 2.24) is 10.6 Å². The second-order valence-corrected chi connectivity index (χ2v) is 3.79. The lowest BCUT2D eigenvalue weighted by Gasteiger charge is -2.14. The average Bonchev–Trinajstić information content (AvgIpc) is 2.13. The predicted molar refractivity (Wildman–Crippen MR) is 56.2 cm³/mol. The van der Waals surface area contributed by atoms with Gasteiger partial charge in [-0.1, -0.05) is 6.92 Å². The van der Waals surface area contributed by atoms with Gasteiger partial charge < -0.3 is 10.6 Å². The van der Waals surface area contributed by atoms with E-state index in [9.17, 15) is 9.59 Å². The molecule has 0 saturated heterocycles. The molecule has 14 heavy (non-hydrogen) atoms. The zero-order valence-electron chi connectivity index (χ0n) is 8.76. The molecular formula is C9H17ClN2O2. The zero-order chi connectivity index (χ0) is 11.1. The van der Waals surface area contributed by atoms with Crippen molar-refractivity contribution in [2.45, 2.75) is 38.6 Å². The van der Waals surface area contributed by atoms with Crippen LogP contribution in [-0.4, -0.2) is 29.8 Å². The molecule has 2 N–H and O–H groups in total. The van der Waals surface area contributed by atoms with E-state index >= 15 is 0 Å². The summed E-state index contributed by atoms with van der Waals surface area (Å²) in [6.07, 6.45) is 0.873. The molecule has 0 aliphatic rings. The van der Waals surface area contributed by atoms with Crippen molar-refractivity contribution in [2.75, 3.05) is 6.54 Å². The normalized spacial score (nSPS) is 14.3. The third-order valence-corrected chi connectivity index (χ3v) is 1.86. The van der Waals surface area contributed by atoms with Crippen molar-refractivity contribution in [3.63, 3.8) is 0 Å². The molecule has 0 heterocycles. The van der Waals surface area contributed by atoms with E-state index in [0.29, 0.717) is 6.54 Å². The second-order valence-electron chi connectivity index (χ2n) is 3.14. The fourth-order valence-corrected chi connectivity index (χ4v) is 0.858. The van der Waals surface area contributed by atoms with E-state index in [0.717, 1.165) is 6.42 Å². The summed E-state index contributed by atoms with van der Waals surface area (Å²) in [7, 11) is 0. The minimum atomic E-state index is -0.614. The van der Waals surface area contributed by atoms with Crippen LogP contribution in [-0.2, 0) is 9.59 Å². The summed E-state index contributed by atoms with van der Waals surface area (Å²) in [5.41, 5.74) is 0. The molecule has 0 spiro atoms. The lowest BCUT2D eigenvalue weighted by molar-refractivity contribution is -0.128. The van der Waals surface area contributed by atoms with E-state index in [4.69, 9.17) is 11.6 Å². The number of halogens is 1. The smallest absolute Gasteiger partial charge is 0.242 e. The predicted octanol–water partition coefficient (Wildman–Crippen LogP) is 0.645. The molecule has 0 rings (SSSR count). The van der Waals surface area contributed by atoms with Crippen LogP contribution in [0.3, 0.4) is 0 Å². The molecule has 2 amide bonds. The fourth-order valence-electron chi connectivity index (χ4n) is 0.795. The average molecular weight is 221 g/mol. The topological polar surface area (TPSA) is 58.2 Å². The van der Waals surface area contributed by atoms with E-state index in [1.54, 1.807) is 13.8 Å². The lowest BCUT2D eigenvalue weighted by Crippen LogP contribution is -2.46. The maximum absolute atomic E-state index is 11.3. The Morgan fingerprint density at radius 2 is 1.86 bits per heavy atom. The molecule has 0 aliphatic carbocycles. The van der Waals surface area contributed by atoms with Gasteiger partial charge >= 0.3 is 0 Å². The van der Waals surface area contributed by atoms with E-state index in [2.05, 4.69) is 10.6 Å². The SMILES string of the molecule is CCCNC(=O)C(C)NC(=O)C(C)Cl. The molecule has 0 saturated carbocycles. The summed E-state index contributed by atoms with van der Waals surface area (Å²) in [6.45, 7) is 5.77. The monoisotopic (exact) mass is 220 g/mol. The van der Waals surface area contributed by atoms with Crippen molar-refractivity contribution in [1.29, 1.82) is 0 Å². The van der Waals surface area contributed by atoms with Crippen LogP contribution in [0.5, 0.6) is 0 Å². The highest BCUT2D eigenvalue weighted by Crippen LogP contribution is 1.94. The van der Waals surface area contributed by atoms with Crippen molar-refractivity contribution < 1.29 is 9.59 Å². The first-order valence-electron chi connectivity index (χ1n) is 4.71. The molecule has 0 fully saturated rings. The number of carbonyl (C=O) groups excluding carboxylic acids is 2. The van der Waals surface area contributed by atoms with Crippen LogP contribution in [0.2, 0.25) is 0 Å². The van der Waals surface area contributed by atoms with Crippen LogP contribution in [0.15, 0.2) is 0 Å². The molecular weight excluding hydrogens is 204 g/mol. The van der Waals surface area contributed by atoms with Crippen LogP contribution in [0.25, 0.3) is 0 Å². The third-order valence-electron chi connectivity index (χ3n) is 1.66. The quantitative estimate of drug-likeness (QED) is 0.669. The van der Waals surface area contributed by atoms with Crippen LogP contribution in [0, 0.1) is 0 Å². The van der Waals surface area contributed by atoms with Gasteiger partial charge in [-0.3, -0.25) is 9.59 Å². The molecule has 2 unspecified atom stereocenters. The van der Waals surface area contributed by atoms with Gasteiger partial charge in [0.15, 0.2) is 0 Å².